The summed E-state index contributed by atoms with van der Waals surface area (Å²) in [4.78, 5) is 4.27. The van der Waals surface area contributed by atoms with Gasteiger partial charge in [0.15, 0.2) is 10.2 Å². The lowest BCUT2D eigenvalue weighted by atomic mass is 10.2. The van der Waals surface area contributed by atoms with Crippen LogP contribution in [-0.4, -0.2) is 10.1 Å². The first-order chi connectivity index (χ1) is 7.65. The Morgan fingerprint density at radius 1 is 1.38 bits per heavy atom. The van der Waals surface area contributed by atoms with Crippen LogP contribution in [0.2, 0.25) is 0 Å². The molecule has 2 rings (SSSR count). The smallest absolute Gasteiger partial charge is 0.189 e. The predicted octanol–water partition coefficient (Wildman–Crippen LogP) is 2.60. The molecule has 2 aromatic rings. The lowest BCUT2D eigenvalue weighted by Gasteiger charge is -1.97. The van der Waals surface area contributed by atoms with Crippen molar-refractivity contribution in [2.75, 3.05) is 5.32 Å². The first-order valence-electron chi connectivity index (χ1n) is 4.43. The highest BCUT2D eigenvalue weighted by Gasteiger charge is 2.04. The van der Waals surface area contributed by atoms with Gasteiger partial charge in [-0.1, -0.05) is 0 Å². The van der Waals surface area contributed by atoms with Gasteiger partial charge in [0.2, 0.25) is 0 Å². The molecule has 3 N–H and O–H groups in total. The first kappa shape index (κ1) is 11.0. The van der Waals surface area contributed by atoms with Crippen LogP contribution in [0.15, 0.2) is 29.6 Å². The summed E-state index contributed by atoms with van der Waals surface area (Å²) in [6.07, 6.45) is 0. The zero-order chi connectivity index (χ0) is 11.5. The largest absolute Gasteiger partial charge is 0.376 e. The van der Waals surface area contributed by atoms with Crippen LogP contribution in [0, 0.1) is 5.82 Å². The maximum Gasteiger partial charge on any atom is 0.189 e. The minimum absolute atomic E-state index is 0.181. The van der Waals surface area contributed by atoms with Crippen LogP contribution in [0.3, 0.4) is 0 Å². The van der Waals surface area contributed by atoms with Gasteiger partial charge in [-0.15, -0.1) is 11.3 Å². The minimum Gasteiger partial charge on any atom is -0.376 e. The quantitative estimate of drug-likeness (QED) is 0.808. The fourth-order valence-electron chi connectivity index (χ4n) is 1.19. The average molecular weight is 253 g/mol. The first-order valence-corrected chi connectivity index (χ1v) is 5.72. The van der Waals surface area contributed by atoms with Crippen LogP contribution < -0.4 is 11.1 Å². The van der Waals surface area contributed by atoms with Gasteiger partial charge >= 0.3 is 0 Å². The number of benzene rings is 1. The van der Waals surface area contributed by atoms with Crippen molar-refractivity contribution >= 4 is 33.8 Å². The van der Waals surface area contributed by atoms with Crippen molar-refractivity contribution in [2.24, 2.45) is 5.73 Å². The van der Waals surface area contributed by atoms with E-state index in [0.717, 1.165) is 11.3 Å². The van der Waals surface area contributed by atoms with Gasteiger partial charge in [-0.3, -0.25) is 0 Å². The third-order valence-corrected chi connectivity index (χ3v) is 2.73. The molecule has 0 spiro atoms. The number of hydrogen-bond donors (Lipinski definition) is 2. The highest BCUT2D eigenvalue weighted by Crippen LogP contribution is 2.24. The Labute approximate surface area is 101 Å². The number of rotatable bonds is 2. The van der Waals surface area contributed by atoms with E-state index in [9.17, 15) is 4.39 Å². The Morgan fingerprint density at radius 2 is 2.06 bits per heavy atom. The number of thiocarbonyl (C=S) groups is 1. The van der Waals surface area contributed by atoms with Crippen LogP contribution in [0.4, 0.5) is 9.52 Å². The lowest BCUT2D eigenvalue weighted by Crippen LogP contribution is -2.18. The number of thiazole rings is 1. The summed E-state index contributed by atoms with van der Waals surface area (Å²) in [7, 11) is 0. The summed E-state index contributed by atoms with van der Waals surface area (Å²) in [6, 6.07) is 6.15. The van der Waals surface area contributed by atoms with E-state index in [1.54, 1.807) is 12.1 Å². The molecule has 0 aliphatic carbocycles. The number of nitrogens with zero attached hydrogens (tertiary/aromatic N) is 1. The van der Waals surface area contributed by atoms with Crippen LogP contribution in [-0.2, 0) is 0 Å². The van der Waals surface area contributed by atoms with Crippen molar-refractivity contribution in [1.29, 1.82) is 0 Å². The molecule has 6 heteroatoms. The molecular weight excluding hydrogens is 245 g/mol. The molecule has 1 heterocycles. The summed E-state index contributed by atoms with van der Waals surface area (Å²) in [5.41, 5.74) is 6.95. The molecule has 1 aromatic carbocycles. The standard InChI is InChI=1S/C10H8FN3S2/c11-7-3-1-6(2-4-7)8-5-16-10(13-8)14-9(12)15/h1-5H,(H3,12,13,14,15). The molecular formula is C10H8FN3S2. The second-order valence-corrected chi connectivity index (χ2v) is 4.33. The second kappa shape index (κ2) is 4.54. The molecule has 0 saturated heterocycles. The SMILES string of the molecule is NC(=S)Nc1nc(-c2ccc(F)cc2)cs1. The molecule has 0 fully saturated rings. The van der Waals surface area contributed by atoms with Gasteiger partial charge < -0.3 is 11.1 Å². The molecule has 0 radical (unpaired) electrons. The van der Waals surface area contributed by atoms with Gasteiger partial charge in [-0.25, -0.2) is 9.37 Å². The number of anilines is 1. The molecule has 0 amide bonds. The fraction of sp³-hybridized carbons (Fsp3) is 0. The van der Waals surface area contributed by atoms with Crippen molar-refractivity contribution in [2.45, 2.75) is 0 Å². The Kier molecular flexibility index (Phi) is 3.12. The summed E-state index contributed by atoms with van der Waals surface area (Å²) in [6.45, 7) is 0. The van der Waals surface area contributed by atoms with E-state index in [-0.39, 0.29) is 10.9 Å². The molecule has 0 saturated carbocycles. The highest BCUT2D eigenvalue weighted by molar-refractivity contribution is 7.80. The van der Waals surface area contributed by atoms with Crippen LogP contribution >= 0.6 is 23.6 Å². The summed E-state index contributed by atoms with van der Waals surface area (Å²) >= 11 is 6.10. The molecule has 3 nitrogen and oxygen atoms in total. The van der Waals surface area contributed by atoms with Gasteiger partial charge in [0.05, 0.1) is 5.69 Å². The van der Waals surface area contributed by atoms with Crippen molar-refractivity contribution in [3.05, 3.63) is 35.5 Å². The van der Waals surface area contributed by atoms with Crippen LogP contribution in [0.25, 0.3) is 11.3 Å². The lowest BCUT2D eigenvalue weighted by molar-refractivity contribution is 0.628. The van der Waals surface area contributed by atoms with E-state index in [4.69, 9.17) is 18.0 Å². The minimum atomic E-state index is -0.263. The van der Waals surface area contributed by atoms with Crippen LogP contribution in [0.1, 0.15) is 0 Å². The molecule has 0 atom stereocenters. The topological polar surface area (TPSA) is 50.9 Å². The Bertz CT molecular complexity index is 507. The number of halogens is 1. The molecule has 0 aliphatic rings. The molecule has 1 aromatic heterocycles. The second-order valence-electron chi connectivity index (χ2n) is 3.03. The van der Waals surface area contributed by atoms with Crippen LogP contribution in [0.5, 0.6) is 0 Å². The van der Waals surface area contributed by atoms with E-state index in [2.05, 4.69) is 10.3 Å². The molecule has 0 bridgehead atoms. The highest BCUT2D eigenvalue weighted by atomic mass is 32.1. The predicted molar refractivity (Wildman–Crippen MR) is 67.9 cm³/mol. The Morgan fingerprint density at radius 3 is 2.69 bits per heavy atom. The van der Waals surface area contributed by atoms with Crippen molar-refractivity contribution in [3.63, 3.8) is 0 Å². The number of nitrogens with one attached hydrogen (secondary N) is 1. The van der Waals surface area contributed by atoms with E-state index in [0.29, 0.717) is 5.13 Å². The number of hydrogen-bond acceptors (Lipinski definition) is 3. The fourth-order valence-corrected chi connectivity index (χ4v) is 2.08. The molecule has 0 aliphatic heterocycles. The molecule has 16 heavy (non-hydrogen) atoms. The van der Waals surface area contributed by atoms with Crippen molar-refractivity contribution in [1.82, 2.24) is 4.98 Å². The van der Waals surface area contributed by atoms with Gasteiger partial charge in [-0.2, -0.15) is 0 Å². The number of aromatic nitrogens is 1. The third kappa shape index (κ3) is 2.53. The van der Waals surface area contributed by atoms with Crippen molar-refractivity contribution in [3.8, 4) is 11.3 Å². The normalized spacial score (nSPS) is 10.1. The zero-order valence-corrected chi connectivity index (χ0v) is 9.74. The van der Waals surface area contributed by atoms with E-state index >= 15 is 0 Å². The number of nitrogens with two attached hydrogens (primary N) is 1. The maximum absolute atomic E-state index is 12.7. The zero-order valence-electron chi connectivity index (χ0n) is 8.11. The van der Waals surface area contributed by atoms with E-state index in [1.807, 2.05) is 5.38 Å². The summed E-state index contributed by atoms with van der Waals surface area (Å²) in [5, 5.41) is 5.42. The monoisotopic (exact) mass is 253 g/mol. The average Bonchev–Trinajstić information content (AvgIpc) is 2.66. The third-order valence-electron chi connectivity index (χ3n) is 1.87. The Hall–Kier alpha value is -1.53. The van der Waals surface area contributed by atoms with Gasteiger partial charge in [0, 0.05) is 10.9 Å². The molecule has 0 unspecified atom stereocenters. The molecule has 82 valence electrons. The summed E-state index contributed by atoms with van der Waals surface area (Å²) < 4.78 is 12.7. The van der Waals surface area contributed by atoms with E-state index in [1.165, 1.54) is 23.5 Å². The maximum atomic E-state index is 12.7. The summed E-state index contributed by atoms with van der Waals surface area (Å²) in [5.74, 6) is -0.263. The van der Waals surface area contributed by atoms with Gasteiger partial charge in [-0.05, 0) is 36.5 Å². The van der Waals surface area contributed by atoms with E-state index < -0.39 is 0 Å². The van der Waals surface area contributed by atoms with Gasteiger partial charge in [0.25, 0.3) is 0 Å². The van der Waals surface area contributed by atoms with Gasteiger partial charge in [0.1, 0.15) is 5.82 Å². The van der Waals surface area contributed by atoms with Crippen molar-refractivity contribution < 1.29 is 4.39 Å². The Balaban J connectivity index is 2.24.